The predicted octanol–water partition coefficient (Wildman–Crippen LogP) is 23.9. The van der Waals surface area contributed by atoms with E-state index in [1.807, 2.05) is 50.2 Å². The lowest BCUT2D eigenvalue weighted by Crippen LogP contribution is -2.31. The number of hydrogen-bond acceptors (Lipinski definition) is 15. The first kappa shape index (κ1) is 106. The van der Waals surface area contributed by atoms with Crippen molar-refractivity contribution in [3.63, 3.8) is 0 Å². The molecule has 11 aromatic rings. The average molecular weight is 2260 g/mol. The third kappa shape index (κ3) is 32.0. The number of sulfonamides is 2. The Morgan fingerprint density at radius 1 is 0.438 bits per heavy atom. The molecule has 0 saturated heterocycles. The predicted molar refractivity (Wildman–Crippen MR) is 523 cm³/mol. The summed E-state index contributed by atoms with van der Waals surface area (Å²) in [4.78, 5) is 38.0. The number of ether oxygens (including phenoxy) is 2. The van der Waals surface area contributed by atoms with Gasteiger partial charge in [-0.25, -0.2) is 57.6 Å². The summed E-state index contributed by atoms with van der Waals surface area (Å²) >= 11 is 21.9. The standard InChI is InChI=1S/C32H30Br2FNO3S.C26H27Br2NO.C23H21Br2FN2O3S.C6H4ClFO2S.2C4H4O4.ClH/c1-20-6-8-22(9-7-20)19-39-32-17-25-5-3-4-24(14-23-15-29(33)21(2)30(34)16-23)28(25)18-31(32)36-40(37,38)27-12-10-26(35)11-13-27;1-16-6-8-18(9-7-16)15-30-26-13-21-5-3-4-20(22(21)14-25(26)29)10-19-11-23(27)17(2)24(28)12-19;1-13-19(24)8-14(9-20(13)25)10-21-18-12-22(23(29)11-15(18)6-7-27-21)28-32(30,31)17-4-2-16(26)3-5-17;7-11(9,10)6-3-1-5(8)2-4-6;2*5-3(6)1-2-4(7)8;/h6-13,15-18,24,36H,3-5,14,19H2,1-2H3;6-9,11-14,20H,3-5,10,15,29H2,1-2H3;2-5,8-9,11-12,21,27-29H,6-7,10H2,1H3;1-4H;2*1-2H,(H,5,6)(H,7,8);1H/b;;;;2*2-1+;. The molecule has 1 aliphatic heterocycles. The van der Waals surface area contributed by atoms with Crippen LogP contribution in [-0.2, 0) is 100 Å². The third-order valence-electron chi connectivity index (χ3n) is 20.8. The highest BCUT2D eigenvalue weighted by molar-refractivity contribution is 9.11. The van der Waals surface area contributed by atoms with E-state index >= 15 is 0 Å². The summed E-state index contributed by atoms with van der Waals surface area (Å²) in [6, 6.07) is 54.6. The lowest BCUT2D eigenvalue weighted by atomic mass is 9.79. The Labute approximate surface area is 814 Å². The van der Waals surface area contributed by atoms with Crippen LogP contribution in [0.3, 0.4) is 0 Å². The number of carboxylic acid groups (broad SMARTS) is 4. The van der Waals surface area contributed by atoms with Gasteiger partial charge in [-0.1, -0.05) is 155 Å². The van der Waals surface area contributed by atoms with Gasteiger partial charge < -0.3 is 46.1 Å². The highest BCUT2D eigenvalue weighted by Crippen LogP contribution is 2.45. The van der Waals surface area contributed by atoms with Gasteiger partial charge in [0.05, 0.1) is 31.7 Å². The molecule has 0 saturated carbocycles. The molecule has 0 bridgehead atoms. The molecule has 1 heterocycles. The minimum atomic E-state index is -3.98. The minimum Gasteiger partial charge on any atom is -0.506 e. The first-order valence-corrected chi connectivity index (χ1v) is 49.9. The van der Waals surface area contributed by atoms with Crippen molar-refractivity contribution >= 4 is 189 Å². The van der Waals surface area contributed by atoms with E-state index in [1.54, 1.807) is 12.1 Å². The van der Waals surface area contributed by atoms with E-state index in [0.717, 1.165) is 188 Å². The summed E-state index contributed by atoms with van der Waals surface area (Å²) in [6.07, 6.45) is 11.9. The molecule has 35 heteroatoms. The molecule has 130 heavy (non-hydrogen) atoms. The van der Waals surface area contributed by atoms with Gasteiger partial charge in [0, 0.05) is 67.9 Å². The van der Waals surface area contributed by atoms with Gasteiger partial charge in [-0.2, -0.15) is 0 Å². The van der Waals surface area contributed by atoms with E-state index in [1.165, 1.54) is 76.1 Å². The number of carboxylic acids is 4. The van der Waals surface area contributed by atoms with Crippen LogP contribution in [0, 0.1) is 52.1 Å². The number of phenols is 1. The highest BCUT2D eigenvalue weighted by atomic mass is 79.9. The molecule has 0 fully saturated rings. The van der Waals surface area contributed by atoms with Crippen molar-refractivity contribution in [2.24, 2.45) is 0 Å². The Bertz CT molecular complexity index is 6200. The summed E-state index contributed by atoms with van der Waals surface area (Å²) in [5.41, 5.74) is 26.3. The lowest BCUT2D eigenvalue weighted by molar-refractivity contribution is -0.134. The number of nitrogen functional groups attached to an aromatic ring is 1. The van der Waals surface area contributed by atoms with Gasteiger partial charge in [-0.15, -0.1) is 12.4 Å². The molecule has 0 spiro atoms. The van der Waals surface area contributed by atoms with Gasteiger partial charge in [0.2, 0.25) is 0 Å². The van der Waals surface area contributed by atoms with E-state index in [4.69, 9.17) is 46.3 Å². The summed E-state index contributed by atoms with van der Waals surface area (Å²) < 4.78 is 136. The quantitative estimate of drug-likeness (QED) is 0.0124. The smallest absolute Gasteiger partial charge is 0.328 e. The number of aromatic hydroxyl groups is 1. The Kier molecular flexibility index (Phi) is 39.8. The van der Waals surface area contributed by atoms with E-state index in [9.17, 15) is 62.7 Å². The molecule has 3 unspecified atom stereocenters. The number of fused-ring (bicyclic) bond motifs is 3. The van der Waals surface area contributed by atoms with Crippen molar-refractivity contribution in [2.75, 3.05) is 21.7 Å². The molecule has 11 aromatic carbocycles. The molecular weight excluding hydrogens is 2170 g/mol. The van der Waals surface area contributed by atoms with Crippen LogP contribution in [0.1, 0.15) is 133 Å². The van der Waals surface area contributed by atoms with Crippen LogP contribution in [0.2, 0.25) is 0 Å². The largest absolute Gasteiger partial charge is 0.506 e. The van der Waals surface area contributed by atoms with Crippen molar-refractivity contribution < 1.29 is 92.6 Å². The van der Waals surface area contributed by atoms with Crippen molar-refractivity contribution in [2.45, 2.75) is 145 Å². The number of hydrogen-bond donors (Lipinski definition) is 9. The first-order chi connectivity index (χ1) is 60.9. The monoisotopic (exact) mass is 2260 g/mol. The molecule has 2 aliphatic carbocycles. The SMILES string of the molecule is Cc1c(Br)cc(CC2NCCc3cc(O)c(NS(=O)(=O)c4ccc(F)cc4)cc32)cc1Br.Cc1ccc(COc2cc3c(cc2N)C(Cc2cc(Br)c(C)c(Br)c2)CCC3)cc1.Cc1ccc(COc2cc3c(cc2NS(=O)(=O)c2ccc(F)cc2)C(Cc2cc(Br)c(C)c(Br)c2)CCC3)cc1.Cl.O=C(O)/C=C/C(=O)O.O=C(O)/C=C/C(=O)O.O=S(=O)(Cl)c1ccc(F)cc1. The average Bonchev–Trinajstić information content (AvgIpc) is 0.782. The van der Waals surface area contributed by atoms with Gasteiger partial charge in [0.15, 0.2) is 0 Å². The van der Waals surface area contributed by atoms with Crippen LogP contribution in [0.25, 0.3) is 0 Å². The summed E-state index contributed by atoms with van der Waals surface area (Å²) in [5, 5.41) is 45.2. The molecule has 688 valence electrons. The fraction of sp³-hybridized carbons (Fsp3) is 0.221. The number of nitrogens with one attached hydrogen (secondary N) is 3. The van der Waals surface area contributed by atoms with Gasteiger partial charge in [-0.05, 0) is 341 Å². The number of nitrogens with two attached hydrogens (primary N) is 1. The van der Waals surface area contributed by atoms with E-state index < -0.39 is 70.4 Å². The lowest BCUT2D eigenvalue weighted by Gasteiger charge is -2.28. The zero-order chi connectivity index (χ0) is 94.4. The number of anilines is 3. The van der Waals surface area contributed by atoms with Crippen LogP contribution < -0.4 is 30.0 Å². The number of aryl methyl sites for hydroxylation is 4. The maximum absolute atomic E-state index is 13.5. The van der Waals surface area contributed by atoms with E-state index in [-0.39, 0.29) is 50.5 Å². The van der Waals surface area contributed by atoms with Crippen molar-refractivity contribution in [3.8, 4) is 17.2 Å². The van der Waals surface area contributed by atoms with E-state index in [0.29, 0.717) is 61.3 Å². The van der Waals surface area contributed by atoms with Crippen LogP contribution in [-0.4, -0.2) is 81.2 Å². The Morgan fingerprint density at radius 2 is 0.769 bits per heavy atom. The Hall–Kier alpha value is -9.36. The summed E-state index contributed by atoms with van der Waals surface area (Å²) in [7, 11) is -6.70. The molecule has 0 aromatic heterocycles. The number of phenolic OH excluding ortho intramolecular Hbond substituents is 1. The molecule has 3 aliphatic rings. The molecule has 0 radical (unpaired) electrons. The van der Waals surface area contributed by atoms with Crippen molar-refractivity contribution in [1.29, 1.82) is 0 Å². The maximum Gasteiger partial charge on any atom is 0.328 e. The molecule has 14 rings (SSSR count). The van der Waals surface area contributed by atoms with Crippen molar-refractivity contribution in [3.05, 3.63) is 352 Å². The maximum atomic E-state index is 13.5. The number of halogens is 11. The second-order valence-corrected chi connectivity index (χ2v) is 41.4. The van der Waals surface area contributed by atoms with Crippen LogP contribution in [0.5, 0.6) is 17.2 Å². The molecule has 21 nitrogen and oxygen atoms in total. The Balaban J connectivity index is 0.000000211. The molecule has 10 N–H and O–H groups in total. The topological polar surface area (TPSA) is 352 Å². The minimum absolute atomic E-state index is 0. The normalized spacial score (nSPS) is 14.3. The van der Waals surface area contributed by atoms with Gasteiger partial charge in [0.25, 0.3) is 29.1 Å². The van der Waals surface area contributed by atoms with Crippen LogP contribution in [0.4, 0.5) is 30.2 Å². The van der Waals surface area contributed by atoms with Gasteiger partial charge in [0.1, 0.15) is 47.9 Å². The summed E-state index contributed by atoms with van der Waals surface area (Å²) in [5.74, 6) is -4.68. The highest BCUT2D eigenvalue weighted by Gasteiger charge is 2.30. The first-order valence-electron chi connectivity index (χ1n) is 39.8. The van der Waals surface area contributed by atoms with E-state index in [2.05, 4.69) is 204 Å². The number of carbonyl (C=O) groups is 4. The van der Waals surface area contributed by atoms with Crippen molar-refractivity contribution in [1.82, 2.24) is 5.32 Å². The summed E-state index contributed by atoms with van der Waals surface area (Å²) in [6.45, 7) is 11.9. The zero-order valence-corrected chi connectivity index (χ0v) is 83.9. The van der Waals surface area contributed by atoms with Gasteiger partial charge >= 0.3 is 23.9 Å². The van der Waals surface area contributed by atoms with Gasteiger partial charge in [-0.3, -0.25) is 9.44 Å². The number of rotatable bonds is 23. The molecule has 3 atom stereocenters. The molecule has 0 amide bonds. The fourth-order valence-electron chi connectivity index (χ4n) is 14.0. The second kappa shape index (κ2) is 48.9. The van der Waals surface area contributed by atoms with Crippen LogP contribution >= 0.6 is 119 Å². The zero-order valence-electron chi connectivity index (χ0n) is 70.3. The fourth-order valence-corrected chi connectivity index (χ4v) is 20.8. The number of aliphatic carboxylic acids is 4. The second-order valence-electron chi connectivity index (χ2n) is 30.4. The number of benzene rings is 11. The van der Waals surface area contributed by atoms with Crippen LogP contribution in [0.15, 0.2) is 260 Å². The molecular formula is C95H91Br6Cl2F3N4O17S3. The third-order valence-corrected chi connectivity index (χ3v) is 29.9. The Morgan fingerprint density at radius 3 is 1.15 bits per heavy atom.